The van der Waals surface area contributed by atoms with Gasteiger partial charge in [0.05, 0.1) is 12.8 Å². The van der Waals surface area contributed by atoms with Crippen LogP contribution >= 0.6 is 0 Å². The van der Waals surface area contributed by atoms with Crippen molar-refractivity contribution in [2.45, 2.75) is 45.3 Å². The van der Waals surface area contributed by atoms with Crippen LogP contribution in [-0.2, 0) is 0 Å². The molecule has 1 saturated carbocycles. The molecule has 1 aromatic carbocycles. The Labute approximate surface area is 118 Å². The van der Waals surface area contributed by atoms with Crippen molar-refractivity contribution < 1.29 is 18.3 Å². The summed E-state index contributed by atoms with van der Waals surface area (Å²) >= 11 is 0. The van der Waals surface area contributed by atoms with Crippen LogP contribution in [0.3, 0.4) is 0 Å². The zero-order valence-electron chi connectivity index (χ0n) is 11.9. The standard InChI is InChI=1S/C15H21F2NO2/c1-3-10-4-5-11(8-10)18-13-9-12(19-2)6-7-14(13)20-15(16)17/h6-7,9-11,15,18H,3-5,8H2,1-2H3. The first-order valence-corrected chi connectivity index (χ1v) is 7.01. The molecule has 0 bridgehead atoms. The van der Waals surface area contributed by atoms with Crippen molar-refractivity contribution in [1.29, 1.82) is 0 Å². The number of ether oxygens (including phenoxy) is 2. The van der Waals surface area contributed by atoms with Crippen molar-refractivity contribution in [1.82, 2.24) is 0 Å². The van der Waals surface area contributed by atoms with Gasteiger partial charge in [0, 0.05) is 12.1 Å². The van der Waals surface area contributed by atoms with Crippen LogP contribution in [0.5, 0.6) is 11.5 Å². The third kappa shape index (κ3) is 3.74. The lowest BCUT2D eigenvalue weighted by Crippen LogP contribution is -2.17. The first-order valence-electron chi connectivity index (χ1n) is 7.01. The summed E-state index contributed by atoms with van der Waals surface area (Å²) in [7, 11) is 1.55. The molecule has 1 N–H and O–H groups in total. The van der Waals surface area contributed by atoms with Gasteiger partial charge in [-0.25, -0.2) is 0 Å². The van der Waals surface area contributed by atoms with Crippen molar-refractivity contribution in [3.05, 3.63) is 18.2 Å². The molecule has 3 nitrogen and oxygen atoms in total. The van der Waals surface area contributed by atoms with Gasteiger partial charge in [0.25, 0.3) is 0 Å². The molecule has 2 unspecified atom stereocenters. The van der Waals surface area contributed by atoms with Crippen LogP contribution in [-0.4, -0.2) is 19.8 Å². The normalized spacial score (nSPS) is 22.1. The molecule has 0 aliphatic heterocycles. The van der Waals surface area contributed by atoms with Crippen molar-refractivity contribution in [2.24, 2.45) is 5.92 Å². The smallest absolute Gasteiger partial charge is 0.387 e. The Morgan fingerprint density at radius 1 is 1.35 bits per heavy atom. The Hall–Kier alpha value is -1.52. The minimum absolute atomic E-state index is 0.167. The number of rotatable bonds is 6. The first kappa shape index (κ1) is 14.9. The molecule has 0 radical (unpaired) electrons. The Morgan fingerprint density at radius 3 is 2.75 bits per heavy atom. The molecule has 5 heteroatoms. The molecular weight excluding hydrogens is 264 g/mol. The molecule has 1 fully saturated rings. The Morgan fingerprint density at radius 2 is 2.15 bits per heavy atom. The van der Waals surface area contributed by atoms with Crippen LogP contribution < -0.4 is 14.8 Å². The summed E-state index contributed by atoms with van der Waals surface area (Å²) in [6.07, 6.45) is 4.48. The summed E-state index contributed by atoms with van der Waals surface area (Å²) in [6.45, 7) is -0.639. The second kappa shape index (κ2) is 6.77. The number of benzene rings is 1. The summed E-state index contributed by atoms with van der Waals surface area (Å²) in [5, 5.41) is 3.32. The lowest BCUT2D eigenvalue weighted by Gasteiger charge is -2.18. The van der Waals surface area contributed by atoms with Gasteiger partial charge in [0.2, 0.25) is 0 Å². The molecule has 2 rings (SSSR count). The molecular formula is C15H21F2NO2. The second-order valence-corrected chi connectivity index (χ2v) is 5.17. The highest BCUT2D eigenvalue weighted by molar-refractivity contribution is 5.60. The fourth-order valence-electron chi connectivity index (χ4n) is 2.74. The monoisotopic (exact) mass is 285 g/mol. The van der Waals surface area contributed by atoms with E-state index in [1.807, 2.05) is 0 Å². The van der Waals surface area contributed by atoms with Gasteiger partial charge in [0.1, 0.15) is 11.5 Å². The fraction of sp³-hybridized carbons (Fsp3) is 0.600. The molecule has 0 aromatic heterocycles. The predicted molar refractivity (Wildman–Crippen MR) is 74.7 cm³/mol. The van der Waals surface area contributed by atoms with Gasteiger partial charge in [-0.1, -0.05) is 13.3 Å². The Balaban J connectivity index is 2.11. The van der Waals surface area contributed by atoms with E-state index in [0.717, 1.165) is 25.2 Å². The van der Waals surface area contributed by atoms with Crippen LogP contribution in [0.15, 0.2) is 18.2 Å². The number of nitrogens with one attached hydrogen (secondary N) is 1. The van der Waals surface area contributed by atoms with Gasteiger partial charge in [-0.2, -0.15) is 8.78 Å². The molecule has 0 saturated heterocycles. The minimum Gasteiger partial charge on any atom is -0.497 e. The van der Waals surface area contributed by atoms with Crippen molar-refractivity contribution in [3.8, 4) is 11.5 Å². The molecule has 1 aliphatic carbocycles. The number of halogens is 2. The lowest BCUT2D eigenvalue weighted by atomic mass is 10.1. The maximum absolute atomic E-state index is 12.4. The van der Waals surface area contributed by atoms with Gasteiger partial charge >= 0.3 is 6.61 Å². The molecule has 0 spiro atoms. The SMILES string of the molecule is CCC1CCC(Nc2cc(OC)ccc2OC(F)F)C1. The van der Waals surface area contributed by atoms with Gasteiger partial charge in [0.15, 0.2) is 0 Å². The summed E-state index contributed by atoms with van der Waals surface area (Å²) in [4.78, 5) is 0. The average molecular weight is 285 g/mol. The van der Waals surface area contributed by atoms with Crippen LogP contribution in [0.25, 0.3) is 0 Å². The van der Waals surface area contributed by atoms with E-state index in [2.05, 4.69) is 17.0 Å². The van der Waals surface area contributed by atoms with Gasteiger partial charge < -0.3 is 14.8 Å². The maximum Gasteiger partial charge on any atom is 0.387 e. The molecule has 0 amide bonds. The van der Waals surface area contributed by atoms with E-state index < -0.39 is 6.61 Å². The number of anilines is 1. The van der Waals surface area contributed by atoms with Gasteiger partial charge in [-0.3, -0.25) is 0 Å². The second-order valence-electron chi connectivity index (χ2n) is 5.17. The van der Waals surface area contributed by atoms with E-state index in [0.29, 0.717) is 17.5 Å². The van der Waals surface area contributed by atoms with Crippen molar-refractivity contribution in [3.63, 3.8) is 0 Å². The van der Waals surface area contributed by atoms with E-state index in [-0.39, 0.29) is 5.75 Å². The van der Waals surface area contributed by atoms with Crippen LogP contribution in [0.1, 0.15) is 32.6 Å². The van der Waals surface area contributed by atoms with E-state index in [1.54, 1.807) is 19.2 Å². The number of alkyl halides is 2. The summed E-state index contributed by atoms with van der Waals surface area (Å²) in [5.41, 5.74) is 0.575. The predicted octanol–water partition coefficient (Wildman–Crippen LogP) is 4.29. The highest BCUT2D eigenvalue weighted by Crippen LogP contribution is 2.35. The quantitative estimate of drug-likeness (QED) is 0.846. The highest BCUT2D eigenvalue weighted by Gasteiger charge is 2.24. The minimum atomic E-state index is -2.82. The number of methoxy groups -OCH3 is 1. The van der Waals surface area contributed by atoms with Crippen molar-refractivity contribution >= 4 is 5.69 Å². The summed E-state index contributed by atoms with van der Waals surface area (Å²) in [6, 6.07) is 5.15. The third-order valence-corrected chi connectivity index (χ3v) is 3.88. The summed E-state index contributed by atoms with van der Waals surface area (Å²) in [5.74, 6) is 1.51. The lowest BCUT2D eigenvalue weighted by molar-refractivity contribution is -0.0494. The van der Waals surface area contributed by atoms with Crippen LogP contribution in [0.2, 0.25) is 0 Å². The van der Waals surface area contributed by atoms with E-state index in [4.69, 9.17) is 4.74 Å². The largest absolute Gasteiger partial charge is 0.497 e. The van der Waals surface area contributed by atoms with E-state index >= 15 is 0 Å². The number of hydrogen-bond acceptors (Lipinski definition) is 3. The van der Waals surface area contributed by atoms with Crippen LogP contribution in [0, 0.1) is 5.92 Å². The number of hydrogen-bond donors (Lipinski definition) is 1. The van der Waals surface area contributed by atoms with E-state index in [1.165, 1.54) is 12.5 Å². The summed E-state index contributed by atoms with van der Waals surface area (Å²) < 4.78 is 34.6. The third-order valence-electron chi connectivity index (χ3n) is 3.88. The molecule has 1 aliphatic rings. The Kier molecular flexibility index (Phi) is 5.04. The molecule has 20 heavy (non-hydrogen) atoms. The Bertz CT molecular complexity index is 440. The molecule has 0 heterocycles. The zero-order chi connectivity index (χ0) is 14.5. The molecule has 1 aromatic rings. The fourth-order valence-corrected chi connectivity index (χ4v) is 2.74. The molecule has 2 atom stereocenters. The molecule has 112 valence electrons. The zero-order valence-corrected chi connectivity index (χ0v) is 11.9. The first-order chi connectivity index (χ1) is 9.62. The van der Waals surface area contributed by atoms with E-state index in [9.17, 15) is 8.78 Å². The van der Waals surface area contributed by atoms with Crippen LogP contribution in [0.4, 0.5) is 14.5 Å². The van der Waals surface area contributed by atoms with Gasteiger partial charge in [-0.15, -0.1) is 0 Å². The topological polar surface area (TPSA) is 30.5 Å². The van der Waals surface area contributed by atoms with Crippen molar-refractivity contribution in [2.75, 3.05) is 12.4 Å². The highest BCUT2D eigenvalue weighted by atomic mass is 19.3. The van der Waals surface area contributed by atoms with Gasteiger partial charge in [-0.05, 0) is 37.3 Å². The average Bonchev–Trinajstić information content (AvgIpc) is 2.88. The maximum atomic E-state index is 12.4.